The zero-order valence-corrected chi connectivity index (χ0v) is 17.8. The topological polar surface area (TPSA) is 119 Å². The molecule has 1 saturated heterocycles. The number of ether oxygens (including phenoxy) is 2. The summed E-state index contributed by atoms with van der Waals surface area (Å²) in [7, 11) is 1.48. The quantitative estimate of drug-likeness (QED) is 0.273. The van der Waals surface area contributed by atoms with Crippen LogP contribution in [0.15, 0.2) is 47.4 Å². The van der Waals surface area contributed by atoms with Crippen LogP contribution >= 0.6 is 24.0 Å². The average molecular weight is 460 g/mol. The Morgan fingerprint density at radius 3 is 2.58 bits per heavy atom. The van der Waals surface area contributed by atoms with Gasteiger partial charge in [0.15, 0.2) is 11.5 Å². The lowest BCUT2D eigenvalue weighted by atomic mass is 10.1. The maximum Gasteiger partial charge on any atom is 0.323 e. The van der Waals surface area contributed by atoms with E-state index in [-0.39, 0.29) is 16.6 Å². The van der Waals surface area contributed by atoms with Gasteiger partial charge >= 0.3 is 5.97 Å². The standard InChI is InChI=1S/C20H16N2O7S2/c1-28-16-8-13(9-17-19(25)21(10-18(23)24)20(30)31-17)4-7-15(16)29-11-12-2-5-14(6-3-12)22(26)27/h2-9H,10-11H2,1H3,(H,23,24)/b17-9-. The molecule has 2 aromatic carbocycles. The van der Waals surface area contributed by atoms with E-state index in [1.807, 2.05) is 0 Å². The highest BCUT2D eigenvalue weighted by molar-refractivity contribution is 8.26. The van der Waals surface area contributed by atoms with E-state index in [1.54, 1.807) is 36.4 Å². The molecule has 1 N–H and O–H groups in total. The minimum absolute atomic E-state index is 0.000507. The highest BCUT2D eigenvalue weighted by Crippen LogP contribution is 2.35. The smallest absolute Gasteiger partial charge is 0.323 e. The number of amides is 1. The molecule has 11 heteroatoms. The van der Waals surface area contributed by atoms with E-state index in [0.717, 1.165) is 22.2 Å². The van der Waals surface area contributed by atoms with Crippen molar-refractivity contribution in [3.63, 3.8) is 0 Å². The number of carbonyl (C=O) groups excluding carboxylic acids is 1. The average Bonchev–Trinajstić information content (AvgIpc) is 2.99. The molecule has 0 bridgehead atoms. The number of thioether (sulfide) groups is 1. The van der Waals surface area contributed by atoms with Crippen LogP contribution in [-0.2, 0) is 16.2 Å². The van der Waals surface area contributed by atoms with Crippen molar-refractivity contribution in [2.45, 2.75) is 6.61 Å². The number of carbonyl (C=O) groups is 2. The third-order valence-electron chi connectivity index (χ3n) is 4.19. The number of nitrogens with zero attached hydrogens (tertiary/aromatic N) is 2. The Morgan fingerprint density at radius 1 is 1.26 bits per heavy atom. The zero-order chi connectivity index (χ0) is 22.5. The van der Waals surface area contributed by atoms with E-state index in [0.29, 0.717) is 22.0 Å². The molecule has 0 unspecified atom stereocenters. The van der Waals surface area contributed by atoms with Gasteiger partial charge < -0.3 is 14.6 Å². The molecule has 1 fully saturated rings. The van der Waals surface area contributed by atoms with E-state index < -0.39 is 23.3 Å². The Labute approximate surface area is 186 Å². The number of nitro benzene ring substituents is 1. The van der Waals surface area contributed by atoms with Crippen molar-refractivity contribution < 1.29 is 29.1 Å². The minimum atomic E-state index is -1.14. The molecule has 1 amide bonds. The predicted molar refractivity (Wildman–Crippen MR) is 118 cm³/mol. The molecule has 0 radical (unpaired) electrons. The fraction of sp³-hybridized carbons (Fsp3) is 0.150. The fourth-order valence-electron chi connectivity index (χ4n) is 2.69. The second-order valence-electron chi connectivity index (χ2n) is 6.28. The predicted octanol–water partition coefficient (Wildman–Crippen LogP) is 3.47. The van der Waals surface area contributed by atoms with Gasteiger partial charge in [0.05, 0.1) is 16.9 Å². The molecule has 1 heterocycles. The van der Waals surface area contributed by atoms with Crippen molar-refractivity contribution in [3.05, 3.63) is 68.6 Å². The van der Waals surface area contributed by atoms with Gasteiger partial charge in [0, 0.05) is 12.1 Å². The van der Waals surface area contributed by atoms with Gasteiger partial charge in [-0.15, -0.1) is 0 Å². The Balaban J connectivity index is 1.73. The SMILES string of the molecule is COc1cc(/C=C2\SC(=S)N(CC(=O)O)C2=O)ccc1OCc1ccc([N+](=O)[O-])cc1. The van der Waals surface area contributed by atoms with Crippen LogP contribution in [0.5, 0.6) is 11.5 Å². The molecule has 0 aliphatic carbocycles. The summed E-state index contributed by atoms with van der Waals surface area (Å²) < 4.78 is 11.3. The number of hydrogen-bond acceptors (Lipinski definition) is 8. The van der Waals surface area contributed by atoms with E-state index in [9.17, 15) is 19.7 Å². The highest BCUT2D eigenvalue weighted by Gasteiger charge is 2.33. The van der Waals surface area contributed by atoms with E-state index in [2.05, 4.69) is 0 Å². The molecule has 0 spiro atoms. The molecule has 0 aromatic heterocycles. The van der Waals surface area contributed by atoms with Crippen molar-refractivity contribution in [2.75, 3.05) is 13.7 Å². The molecular formula is C20H16N2O7S2. The molecule has 160 valence electrons. The first-order valence-electron chi connectivity index (χ1n) is 8.80. The minimum Gasteiger partial charge on any atom is -0.493 e. The van der Waals surface area contributed by atoms with Crippen molar-refractivity contribution >= 4 is 51.9 Å². The summed E-state index contributed by atoms with van der Waals surface area (Å²) in [4.78, 5) is 34.9. The van der Waals surface area contributed by atoms with Crippen molar-refractivity contribution in [3.8, 4) is 11.5 Å². The number of methoxy groups -OCH3 is 1. The second kappa shape index (κ2) is 9.58. The van der Waals surface area contributed by atoms with Gasteiger partial charge in [-0.3, -0.25) is 24.6 Å². The number of carboxylic acid groups (broad SMARTS) is 1. The van der Waals surface area contributed by atoms with Crippen molar-refractivity contribution in [2.24, 2.45) is 0 Å². The van der Waals surface area contributed by atoms with Crippen LogP contribution in [-0.4, -0.2) is 44.8 Å². The number of benzene rings is 2. The molecule has 1 aliphatic rings. The molecular weight excluding hydrogens is 444 g/mol. The van der Waals surface area contributed by atoms with Gasteiger partial charge in [-0.2, -0.15) is 0 Å². The number of rotatable bonds is 8. The second-order valence-corrected chi connectivity index (χ2v) is 7.96. The lowest BCUT2D eigenvalue weighted by molar-refractivity contribution is -0.384. The lowest BCUT2D eigenvalue weighted by Gasteiger charge is -2.12. The summed E-state index contributed by atoms with van der Waals surface area (Å²) in [6, 6.07) is 11.1. The van der Waals surface area contributed by atoms with Crippen LogP contribution in [0.3, 0.4) is 0 Å². The summed E-state index contributed by atoms with van der Waals surface area (Å²) in [6.45, 7) is -0.303. The monoisotopic (exact) mass is 460 g/mol. The summed E-state index contributed by atoms with van der Waals surface area (Å²) in [5, 5.41) is 19.6. The van der Waals surface area contributed by atoms with Crippen LogP contribution in [0.2, 0.25) is 0 Å². The zero-order valence-electron chi connectivity index (χ0n) is 16.1. The van der Waals surface area contributed by atoms with Gasteiger partial charge in [0.2, 0.25) is 0 Å². The maximum absolute atomic E-state index is 12.4. The summed E-state index contributed by atoms with van der Waals surface area (Å²) >= 11 is 6.12. The maximum atomic E-state index is 12.4. The lowest BCUT2D eigenvalue weighted by Crippen LogP contribution is -2.33. The van der Waals surface area contributed by atoms with Gasteiger partial charge in [0.1, 0.15) is 17.5 Å². The van der Waals surface area contributed by atoms with Gasteiger partial charge in [-0.05, 0) is 41.5 Å². The van der Waals surface area contributed by atoms with Gasteiger partial charge in [0.25, 0.3) is 11.6 Å². The van der Waals surface area contributed by atoms with E-state index in [1.165, 1.54) is 19.2 Å². The number of thiocarbonyl (C=S) groups is 1. The fourth-order valence-corrected chi connectivity index (χ4v) is 3.95. The number of carboxylic acids is 1. The molecule has 31 heavy (non-hydrogen) atoms. The Kier molecular flexibility index (Phi) is 6.88. The largest absolute Gasteiger partial charge is 0.493 e. The van der Waals surface area contributed by atoms with Gasteiger partial charge in [-0.25, -0.2) is 0 Å². The van der Waals surface area contributed by atoms with E-state index >= 15 is 0 Å². The number of nitro groups is 1. The van der Waals surface area contributed by atoms with Crippen molar-refractivity contribution in [1.29, 1.82) is 0 Å². The Bertz CT molecular complexity index is 1080. The summed E-state index contributed by atoms with van der Waals surface area (Å²) in [6.07, 6.45) is 1.60. The van der Waals surface area contributed by atoms with Crippen molar-refractivity contribution in [1.82, 2.24) is 4.90 Å². The first kappa shape index (κ1) is 22.2. The van der Waals surface area contributed by atoms with Crippen LogP contribution in [0, 0.1) is 10.1 Å². The highest BCUT2D eigenvalue weighted by atomic mass is 32.2. The summed E-state index contributed by atoms with van der Waals surface area (Å²) in [5.74, 6) is -0.725. The van der Waals surface area contributed by atoms with Crippen LogP contribution < -0.4 is 9.47 Å². The van der Waals surface area contributed by atoms with Gasteiger partial charge in [-0.1, -0.05) is 30.0 Å². The van der Waals surface area contributed by atoms with Crippen LogP contribution in [0.25, 0.3) is 6.08 Å². The van der Waals surface area contributed by atoms with Crippen LogP contribution in [0.1, 0.15) is 11.1 Å². The molecule has 2 aromatic rings. The molecule has 9 nitrogen and oxygen atoms in total. The number of non-ortho nitro benzene ring substituents is 1. The molecule has 0 atom stereocenters. The summed E-state index contributed by atoms with van der Waals surface area (Å²) in [5.41, 5.74) is 1.40. The number of aliphatic carboxylic acids is 1. The first-order chi connectivity index (χ1) is 14.8. The molecule has 0 saturated carbocycles. The normalized spacial score (nSPS) is 14.7. The number of hydrogen-bond donors (Lipinski definition) is 1. The Hall–Kier alpha value is -3.44. The third kappa shape index (κ3) is 5.38. The first-order valence-corrected chi connectivity index (χ1v) is 10.0. The molecule has 3 rings (SSSR count). The van der Waals surface area contributed by atoms with E-state index in [4.69, 9.17) is 26.8 Å². The van der Waals surface area contributed by atoms with Crippen LogP contribution in [0.4, 0.5) is 5.69 Å². The third-order valence-corrected chi connectivity index (χ3v) is 5.57. The molecule has 1 aliphatic heterocycles. The Morgan fingerprint density at radius 2 is 1.97 bits per heavy atom.